The van der Waals surface area contributed by atoms with Crippen LogP contribution in [0.4, 0.5) is 0 Å². The highest BCUT2D eigenvalue weighted by Crippen LogP contribution is 2.03. The van der Waals surface area contributed by atoms with Crippen LogP contribution in [0.2, 0.25) is 0 Å². The molecule has 0 aromatic carbocycles. The third kappa shape index (κ3) is 4.23. The summed E-state index contributed by atoms with van der Waals surface area (Å²) in [5.41, 5.74) is 0. The zero-order valence-corrected chi connectivity index (χ0v) is 7.00. The van der Waals surface area contributed by atoms with E-state index in [1.54, 1.807) is 0 Å². The van der Waals surface area contributed by atoms with Gasteiger partial charge in [0.25, 0.3) is 0 Å². The van der Waals surface area contributed by atoms with Crippen molar-refractivity contribution in [1.82, 2.24) is 0 Å². The van der Waals surface area contributed by atoms with Gasteiger partial charge in [0.05, 0.1) is 12.1 Å². The fourth-order valence-electron chi connectivity index (χ4n) is 0.554. The molecule has 0 aliphatic heterocycles. The SMILES string of the molecule is CSCCC(O)C(O)C(=O)[O-]. The van der Waals surface area contributed by atoms with E-state index in [-0.39, 0.29) is 6.42 Å². The molecule has 2 N–H and O–H groups in total. The monoisotopic (exact) mass is 179 g/mol. The third-order valence-corrected chi connectivity index (χ3v) is 1.87. The lowest BCUT2D eigenvalue weighted by molar-refractivity contribution is -0.318. The number of carbonyl (C=O) groups excluding carboxylic acids is 1. The Labute approximate surface area is 69.2 Å². The van der Waals surface area contributed by atoms with E-state index in [9.17, 15) is 9.90 Å². The molecule has 2 unspecified atom stereocenters. The Bertz CT molecular complexity index is 128. The molecule has 0 fully saturated rings. The van der Waals surface area contributed by atoms with E-state index in [1.807, 2.05) is 6.26 Å². The van der Waals surface area contributed by atoms with Crippen molar-refractivity contribution in [3.8, 4) is 0 Å². The van der Waals surface area contributed by atoms with Crippen molar-refractivity contribution in [2.24, 2.45) is 0 Å². The van der Waals surface area contributed by atoms with Crippen molar-refractivity contribution in [2.75, 3.05) is 12.0 Å². The average Bonchev–Trinajstić information content (AvgIpc) is 1.98. The molecule has 0 spiro atoms. The molecule has 11 heavy (non-hydrogen) atoms. The van der Waals surface area contributed by atoms with E-state index in [4.69, 9.17) is 10.2 Å². The summed E-state index contributed by atoms with van der Waals surface area (Å²) in [6.07, 6.45) is -0.886. The molecule has 0 amide bonds. The van der Waals surface area contributed by atoms with Gasteiger partial charge in [-0.25, -0.2) is 0 Å². The van der Waals surface area contributed by atoms with Gasteiger partial charge < -0.3 is 20.1 Å². The number of hydrogen-bond acceptors (Lipinski definition) is 5. The summed E-state index contributed by atoms with van der Waals surface area (Å²) in [7, 11) is 0. The first-order valence-corrected chi connectivity index (χ1v) is 4.55. The molecular formula is C6H11O4S-. The van der Waals surface area contributed by atoms with Crippen LogP contribution >= 0.6 is 11.8 Å². The maximum absolute atomic E-state index is 9.98. The predicted molar refractivity (Wildman–Crippen MR) is 40.0 cm³/mol. The molecule has 0 heterocycles. The topological polar surface area (TPSA) is 80.6 Å². The standard InChI is InChI=1S/C6H12O4S/c1-11-3-2-4(7)5(8)6(9)10/h4-5,7-8H,2-3H2,1H3,(H,9,10)/p-1. The van der Waals surface area contributed by atoms with Crippen LogP contribution in [0.3, 0.4) is 0 Å². The summed E-state index contributed by atoms with van der Waals surface area (Å²) in [6.45, 7) is 0. The zero-order chi connectivity index (χ0) is 8.85. The summed E-state index contributed by atoms with van der Waals surface area (Å²) < 4.78 is 0. The first kappa shape index (κ1) is 10.7. The third-order valence-electron chi connectivity index (χ3n) is 1.22. The molecule has 0 bridgehead atoms. The number of carboxylic acid groups (broad SMARTS) is 1. The van der Waals surface area contributed by atoms with Gasteiger partial charge in [-0.3, -0.25) is 0 Å². The van der Waals surface area contributed by atoms with Gasteiger partial charge in [0, 0.05) is 0 Å². The number of rotatable bonds is 5. The van der Waals surface area contributed by atoms with E-state index < -0.39 is 18.2 Å². The first-order valence-electron chi connectivity index (χ1n) is 3.15. The summed E-state index contributed by atoms with van der Waals surface area (Å²) in [5.74, 6) is -1.01. The minimum Gasteiger partial charge on any atom is -0.547 e. The lowest BCUT2D eigenvalue weighted by Gasteiger charge is -2.17. The van der Waals surface area contributed by atoms with E-state index in [1.165, 1.54) is 11.8 Å². The number of thioether (sulfide) groups is 1. The molecule has 0 radical (unpaired) electrons. The number of carboxylic acids is 1. The zero-order valence-electron chi connectivity index (χ0n) is 6.19. The molecule has 0 aromatic heterocycles. The largest absolute Gasteiger partial charge is 0.547 e. The van der Waals surface area contributed by atoms with Gasteiger partial charge in [-0.15, -0.1) is 0 Å². The van der Waals surface area contributed by atoms with Crippen LogP contribution < -0.4 is 5.11 Å². The van der Waals surface area contributed by atoms with E-state index >= 15 is 0 Å². The maximum Gasteiger partial charge on any atom is 0.119 e. The molecule has 0 saturated carbocycles. The normalized spacial score (nSPS) is 15.9. The van der Waals surface area contributed by atoms with Crippen LogP contribution in [0.25, 0.3) is 0 Å². The van der Waals surface area contributed by atoms with Crippen molar-refractivity contribution in [3.05, 3.63) is 0 Å². The molecule has 0 aliphatic carbocycles. The Kier molecular flexibility index (Phi) is 5.27. The highest BCUT2D eigenvalue weighted by molar-refractivity contribution is 7.98. The maximum atomic E-state index is 9.98. The predicted octanol–water partition coefficient (Wildman–Crippen LogP) is -1.79. The fourth-order valence-corrected chi connectivity index (χ4v) is 1.03. The van der Waals surface area contributed by atoms with Gasteiger partial charge in [-0.2, -0.15) is 11.8 Å². The number of aliphatic carboxylic acids is 1. The number of aliphatic hydroxyl groups is 2. The van der Waals surface area contributed by atoms with Gasteiger partial charge in [-0.1, -0.05) is 0 Å². The summed E-state index contributed by atoms with van der Waals surface area (Å²) in [6, 6.07) is 0. The Morgan fingerprint density at radius 2 is 2.18 bits per heavy atom. The molecule has 2 atom stereocenters. The average molecular weight is 179 g/mol. The van der Waals surface area contributed by atoms with Crippen LogP contribution in [0.1, 0.15) is 6.42 Å². The molecule has 5 heteroatoms. The summed E-state index contributed by atoms with van der Waals surface area (Å²) >= 11 is 1.47. The number of hydrogen-bond donors (Lipinski definition) is 2. The van der Waals surface area contributed by atoms with Gasteiger partial charge >= 0.3 is 0 Å². The smallest absolute Gasteiger partial charge is 0.119 e. The van der Waals surface area contributed by atoms with Gasteiger partial charge in [0.15, 0.2) is 0 Å². The second-order valence-electron chi connectivity index (χ2n) is 2.11. The minimum atomic E-state index is -1.76. The quantitative estimate of drug-likeness (QED) is 0.521. The van der Waals surface area contributed by atoms with E-state index in [2.05, 4.69) is 0 Å². The molecule has 0 aromatic rings. The van der Waals surface area contributed by atoms with Crippen LogP contribution in [0.5, 0.6) is 0 Å². The highest BCUT2D eigenvalue weighted by atomic mass is 32.2. The molecular weight excluding hydrogens is 168 g/mol. The van der Waals surface area contributed by atoms with Gasteiger partial charge in [0.1, 0.15) is 6.10 Å². The number of carbonyl (C=O) groups is 1. The van der Waals surface area contributed by atoms with Crippen LogP contribution in [0, 0.1) is 0 Å². The van der Waals surface area contributed by atoms with Crippen molar-refractivity contribution in [1.29, 1.82) is 0 Å². The first-order chi connectivity index (χ1) is 5.09. The van der Waals surface area contributed by atoms with Crippen molar-refractivity contribution < 1.29 is 20.1 Å². The lowest BCUT2D eigenvalue weighted by atomic mass is 10.1. The van der Waals surface area contributed by atoms with Crippen molar-refractivity contribution in [3.63, 3.8) is 0 Å². The van der Waals surface area contributed by atoms with Gasteiger partial charge in [0.2, 0.25) is 0 Å². The fraction of sp³-hybridized carbons (Fsp3) is 0.833. The molecule has 66 valence electrons. The molecule has 0 rings (SSSR count). The molecule has 0 saturated heterocycles. The van der Waals surface area contributed by atoms with Crippen molar-refractivity contribution >= 4 is 17.7 Å². The summed E-state index contributed by atoms with van der Waals surface area (Å²) in [4.78, 5) is 9.98. The number of aliphatic hydroxyl groups excluding tert-OH is 2. The molecule has 0 aliphatic rings. The van der Waals surface area contributed by atoms with Crippen molar-refractivity contribution in [2.45, 2.75) is 18.6 Å². The van der Waals surface area contributed by atoms with Crippen LogP contribution in [-0.2, 0) is 4.79 Å². The minimum absolute atomic E-state index is 0.260. The summed E-state index contributed by atoms with van der Waals surface area (Å²) in [5, 5.41) is 27.6. The van der Waals surface area contributed by atoms with Crippen LogP contribution in [0.15, 0.2) is 0 Å². The highest BCUT2D eigenvalue weighted by Gasteiger charge is 2.15. The Morgan fingerprint density at radius 1 is 1.64 bits per heavy atom. The second kappa shape index (κ2) is 5.40. The Morgan fingerprint density at radius 3 is 2.55 bits per heavy atom. The van der Waals surface area contributed by atoms with E-state index in [0.29, 0.717) is 5.75 Å². The second-order valence-corrected chi connectivity index (χ2v) is 3.10. The lowest BCUT2D eigenvalue weighted by Crippen LogP contribution is -2.43. The Balaban J connectivity index is 3.63. The Hall–Kier alpha value is -0.260. The van der Waals surface area contributed by atoms with Gasteiger partial charge in [-0.05, 0) is 18.4 Å². The molecule has 4 nitrogen and oxygen atoms in total. The van der Waals surface area contributed by atoms with Crippen LogP contribution in [-0.4, -0.2) is 40.4 Å². The van der Waals surface area contributed by atoms with E-state index in [0.717, 1.165) is 0 Å².